The van der Waals surface area contributed by atoms with Crippen molar-refractivity contribution in [2.24, 2.45) is 0 Å². The molecule has 1 N–H and O–H groups in total. The molecule has 2 rings (SSSR count). The average Bonchev–Trinajstić information content (AvgIpc) is 2.39. The molecule has 20 heavy (non-hydrogen) atoms. The molecule has 2 aromatic rings. The van der Waals surface area contributed by atoms with Crippen molar-refractivity contribution in [2.45, 2.75) is 6.54 Å². The molecule has 0 amide bonds. The van der Waals surface area contributed by atoms with Crippen LogP contribution < -0.4 is 5.32 Å². The van der Waals surface area contributed by atoms with Crippen molar-refractivity contribution in [2.75, 3.05) is 5.32 Å². The Kier molecular flexibility index (Phi) is 4.42. The van der Waals surface area contributed by atoms with E-state index in [2.05, 4.69) is 5.32 Å². The standard InChI is InChI=1S/C13H9Cl2FN2O2/c14-9-3-1-2-8(4-9)7-17-12-6-11(16)10(15)5-13(12)18(19)20/h1-6,17H,7H2. The van der Waals surface area contributed by atoms with Crippen molar-refractivity contribution in [1.82, 2.24) is 0 Å². The number of nitrogens with one attached hydrogen (secondary N) is 1. The van der Waals surface area contributed by atoms with Gasteiger partial charge in [-0.3, -0.25) is 10.1 Å². The maximum absolute atomic E-state index is 13.4. The highest BCUT2D eigenvalue weighted by atomic mass is 35.5. The number of hydrogen-bond donors (Lipinski definition) is 1. The van der Waals surface area contributed by atoms with Crippen LogP contribution in [0, 0.1) is 15.9 Å². The average molecular weight is 315 g/mol. The van der Waals surface area contributed by atoms with E-state index >= 15 is 0 Å². The highest BCUT2D eigenvalue weighted by Gasteiger charge is 2.17. The van der Waals surface area contributed by atoms with Crippen molar-refractivity contribution < 1.29 is 9.31 Å². The van der Waals surface area contributed by atoms with E-state index in [9.17, 15) is 14.5 Å². The Morgan fingerprint density at radius 3 is 2.65 bits per heavy atom. The lowest BCUT2D eigenvalue weighted by Crippen LogP contribution is -2.03. The van der Waals surface area contributed by atoms with Crippen LogP contribution in [-0.2, 0) is 6.54 Å². The summed E-state index contributed by atoms with van der Waals surface area (Å²) in [6.45, 7) is 0.280. The third-order valence-electron chi connectivity index (χ3n) is 2.61. The van der Waals surface area contributed by atoms with Crippen LogP contribution in [0.5, 0.6) is 0 Å². The smallest absolute Gasteiger partial charge is 0.294 e. The molecule has 0 heterocycles. The van der Waals surface area contributed by atoms with E-state index < -0.39 is 10.7 Å². The summed E-state index contributed by atoms with van der Waals surface area (Å²) in [7, 11) is 0. The van der Waals surface area contributed by atoms with Gasteiger partial charge in [0, 0.05) is 23.7 Å². The summed E-state index contributed by atoms with van der Waals surface area (Å²) < 4.78 is 13.4. The zero-order chi connectivity index (χ0) is 14.7. The normalized spacial score (nSPS) is 10.3. The SMILES string of the molecule is O=[N+]([O-])c1cc(Cl)c(F)cc1NCc1cccc(Cl)c1. The Balaban J connectivity index is 2.24. The fourth-order valence-electron chi connectivity index (χ4n) is 1.67. The summed E-state index contributed by atoms with van der Waals surface area (Å²) >= 11 is 11.4. The molecule has 0 spiro atoms. The molecule has 0 saturated carbocycles. The Hall–Kier alpha value is -1.85. The summed E-state index contributed by atoms with van der Waals surface area (Å²) in [5, 5.41) is 14.0. The second-order valence-corrected chi connectivity index (χ2v) is 4.87. The quantitative estimate of drug-likeness (QED) is 0.660. The number of nitrogens with zero attached hydrogens (tertiary/aromatic N) is 1. The van der Waals surface area contributed by atoms with Gasteiger partial charge in [-0.05, 0) is 17.7 Å². The molecule has 0 aliphatic rings. The number of halogens is 3. The Bertz CT molecular complexity index is 665. The van der Waals surface area contributed by atoms with Gasteiger partial charge in [-0.15, -0.1) is 0 Å². The molecule has 0 saturated heterocycles. The zero-order valence-corrected chi connectivity index (χ0v) is 11.6. The van der Waals surface area contributed by atoms with Crippen LogP contribution in [0.3, 0.4) is 0 Å². The van der Waals surface area contributed by atoms with E-state index in [1.54, 1.807) is 24.3 Å². The van der Waals surface area contributed by atoms with Gasteiger partial charge in [-0.2, -0.15) is 0 Å². The van der Waals surface area contributed by atoms with E-state index in [0.29, 0.717) is 5.02 Å². The first-order valence-corrected chi connectivity index (χ1v) is 6.34. The highest BCUT2D eigenvalue weighted by Crippen LogP contribution is 2.30. The van der Waals surface area contributed by atoms with Gasteiger partial charge in [-0.25, -0.2) is 4.39 Å². The van der Waals surface area contributed by atoms with Crippen molar-refractivity contribution in [3.8, 4) is 0 Å². The molecule has 0 aliphatic carbocycles. The molecule has 0 radical (unpaired) electrons. The van der Waals surface area contributed by atoms with E-state index in [0.717, 1.165) is 17.7 Å². The summed E-state index contributed by atoms with van der Waals surface area (Å²) in [4.78, 5) is 10.3. The van der Waals surface area contributed by atoms with Gasteiger partial charge in [0.05, 0.1) is 9.95 Å². The Morgan fingerprint density at radius 1 is 1.25 bits per heavy atom. The maximum Gasteiger partial charge on any atom is 0.294 e. The van der Waals surface area contributed by atoms with Gasteiger partial charge in [0.1, 0.15) is 11.5 Å². The van der Waals surface area contributed by atoms with Crippen LogP contribution >= 0.6 is 23.2 Å². The second kappa shape index (κ2) is 6.07. The molecular weight excluding hydrogens is 306 g/mol. The third-order valence-corrected chi connectivity index (χ3v) is 3.13. The van der Waals surface area contributed by atoms with E-state index in [-0.39, 0.29) is 22.9 Å². The molecule has 2 aromatic carbocycles. The van der Waals surface area contributed by atoms with Crippen LogP contribution in [-0.4, -0.2) is 4.92 Å². The van der Waals surface area contributed by atoms with Crippen LogP contribution in [0.25, 0.3) is 0 Å². The molecule has 4 nitrogen and oxygen atoms in total. The zero-order valence-electron chi connectivity index (χ0n) is 10.1. The summed E-state index contributed by atoms with van der Waals surface area (Å²) in [6.07, 6.45) is 0. The van der Waals surface area contributed by atoms with Crippen LogP contribution in [0.2, 0.25) is 10.0 Å². The first kappa shape index (κ1) is 14.6. The monoisotopic (exact) mass is 314 g/mol. The predicted molar refractivity (Wildman–Crippen MR) is 76.8 cm³/mol. The van der Waals surface area contributed by atoms with E-state index in [4.69, 9.17) is 23.2 Å². The van der Waals surface area contributed by atoms with Gasteiger partial charge < -0.3 is 5.32 Å². The number of rotatable bonds is 4. The topological polar surface area (TPSA) is 55.2 Å². The summed E-state index contributed by atoms with van der Waals surface area (Å²) in [5.41, 5.74) is 0.609. The molecule has 104 valence electrons. The Labute approximate surface area is 124 Å². The lowest BCUT2D eigenvalue weighted by Gasteiger charge is -2.08. The third kappa shape index (κ3) is 3.37. The van der Waals surface area contributed by atoms with Gasteiger partial charge in [0.25, 0.3) is 5.69 Å². The first-order valence-electron chi connectivity index (χ1n) is 5.59. The van der Waals surface area contributed by atoms with Crippen LogP contribution in [0.1, 0.15) is 5.56 Å². The first-order chi connectivity index (χ1) is 9.47. The highest BCUT2D eigenvalue weighted by molar-refractivity contribution is 6.31. The number of hydrogen-bond acceptors (Lipinski definition) is 3. The molecule has 0 bridgehead atoms. The number of nitro benzene ring substituents is 1. The lowest BCUT2D eigenvalue weighted by molar-refractivity contribution is -0.384. The summed E-state index contributed by atoms with van der Waals surface area (Å²) in [6, 6.07) is 8.98. The van der Waals surface area contributed by atoms with Crippen LogP contribution in [0.15, 0.2) is 36.4 Å². The van der Waals surface area contributed by atoms with E-state index in [1.807, 2.05) is 0 Å². The minimum absolute atomic E-state index is 0.0666. The molecular formula is C13H9Cl2FN2O2. The Morgan fingerprint density at radius 2 is 2.00 bits per heavy atom. The van der Waals surface area contributed by atoms with Crippen LogP contribution in [0.4, 0.5) is 15.8 Å². The molecule has 0 aromatic heterocycles. The van der Waals surface area contributed by atoms with Crippen molar-refractivity contribution in [1.29, 1.82) is 0 Å². The lowest BCUT2D eigenvalue weighted by atomic mass is 10.2. The minimum Gasteiger partial charge on any atom is -0.375 e. The number of anilines is 1. The molecule has 0 aliphatic heterocycles. The van der Waals surface area contributed by atoms with Gasteiger partial charge in [-0.1, -0.05) is 35.3 Å². The van der Waals surface area contributed by atoms with Crippen molar-refractivity contribution in [3.05, 3.63) is 67.9 Å². The van der Waals surface area contributed by atoms with Crippen molar-refractivity contribution in [3.63, 3.8) is 0 Å². The predicted octanol–water partition coefficient (Wildman–Crippen LogP) is 4.65. The molecule has 7 heteroatoms. The molecule has 0 unspecified atom stereocenters. The van der Waals surface area contributed by atoms with Gasteiger partial charge in [0.15, 0.2) is 0 Å². The van der Waals surface area contributed by atoms with E-state index in [1.165, 1.54) is 0 Å². The molecule has 0 fully saturated rings. The fourth-order valence-corrected chi connectivity index (χ4v) is 2.04. The summed E-state index contributed by atoms with van der Waals surface area (Å²) in [5.74, 6) is -0.717. The molecule has 0 atom stereocenters. The second-order valence-electron chi connectivity index (χ2n) is 4.02. The van der Waals surface area contributed by atoms with Gasteiger partial charge in [0.2, 0.25) is 0 Å². The minimum atomic E-state index is -0.717. The fraction of sp³-hybridized carbons (Fsp3) is 0.0769. The number of benzene rings is 2. The largest absolute Gasteiger partial charge is 0.375 e. The number of nitro groups is 1. The van der Waals surface area contributed by atoms with Gasteiger partial charge >= 0.3 is 0 Å². The maximum atomic E-state index is 13.4. The van der Waals surface area contributed by atoms with Crippen molar-refractivity contribution >= 4 is 34.6 Å².